The molecule has 6 heteroatoms. The highest BCUT2D eigenvalue weighted by atomic mass is 16.4. The maximum atomic E-state index is 12.1. The Labute approximate surface area is 152 Å². The number of carbonyl (C=O) groups excluding carboxylic acids is 2. The first-order valence-electron chi connectivity index (χ1n) is 8.30. The summed E-state index contributed by atoms with van der Waals surface area (Å²) < 4.78 is 0. The molecular formula is C20H22N2O4. The molecule has 2 aromatic carbocycles. The van der Waals surface area contributed by atoms with Crippen molar-refractivity contribution in [3.05, 3.63) is 64.7 Å². The van der Waals surface area contributed by atoms with Gasteiger partial charge in [0.05, 0.1) is 0 Å². The van der Waals surface area contributed by atoms with Crippen LogP contribution in [0.25, 0.3) is 0 Å². The predicted octanol–water partition coefficient (Wildman–Crippen LogP) is 2.69. The van der Waals surface area contributed by atoms with Crippen LogP contribution in [0.3, 0.4) is 0 Å². The quantitative estimate of drug-likeness (QED) is 0.712. The lowest BCUT2D eigenvalue weighted by molar-refractivity contribution is -0.135. The molecule has 0 aromatic heterocycles. The molecule has 2 rings (SSSR count). The van der Waals surface area contributed by atoms with E-state index in [4.69, 9.17) is 5.11 Å². The number of aliphatic carboxylic acids is 1. The third-order valence-electron chi connectivity index (χ3n) is 3.75. The summed E-state index contributed by atoms with van der Waals surface area (Å²) in [6, 6.07) is 12.6. The lowest BCUT2D eigenvalue weighted by atomic mass is 10.0. The second kappa shape index (κ2) is 8.80. The van der Waals surface area contributed by atoms with Gasteiger partial charge in [-0.1, -0.05) is 29.3 Å². The zero-order chi connectivity index (χ0) is 19.1. The molecule has 0 fully saturated rings. The van der Waals surface area contributed by atoms with Crippen LogP contribution >= 0.6 is 0 Å². The van der Waals surface area contributed by atoms with Gasteiger partial charge in [-0.2, -0.15) is 0 Å². The van der Waals surface area contributed by atoms with E-state index in [1.54, 1.807) is 12.1 Å². The molecule has 2 amide bonds. The molecule has 0 radical (unpaired) electrons. The van der Waals surface area contributed by atoms with Gasteiger partial charge in [-0.15, -0.1) is 0 Å². The number of benzene rings is 2. The topological polar surface area (TPSA) is 95.5 Å². The summed E-state index contributed by atoms with van der Waals surface area (Å²) in [5.41, 5.74) is 4.40. The summed E-state index contributed by atoms with van der Waals surface area (Å²) in [5, 5.41) is 13.6. The smallest absolute Gasteiger partial charge is 0.322 e. The summed E-state index contributed by atoms with van der Waals surface area (Å²) in [4.78, 5) is 34.3. The molecule has 0 aliphatic carbocycles. The Bertz CT molecular complexity index is 793. The summed E-state index contributed by atoms with van der Waals surface area (Å²) in [5.74, 6) is -1.68. The molecule has 6 nitrogen and oxygen atoms in total. The second-order valence-corrected chi connectivity index (χ2v) is 6.20. The number of carbonyl (C=O) groups is 3. The Morgan fingerprint density at radius 1 is 0.962 bits per heavy atom. The minimum Gasteiger partial charge on any atom is -0.480 e. The van der Waals surface area contributed by atoms with Gasteiger partial charge < -0.3 is 15.7 Å². The molecule has 0 heterocycles. The van der Waals surface area contributed by atoms with Crippen molar-refractivity contribution in [3.63, 3.8) is 0 Å². The van der Waals surface area contributed by atoms with Gasteiger partial charge in [0, 0.05) is 17.7 Å². The average molecular weight is 354 g/mol. The van der Waals surface area contributed by atoms with Gasteiger partial charge in [0.2, 0.25) is 5.91 Å². The molecule has 0 aliphatic heterocycles. The maximum Gasteiger partial charge on any atom is 0.322 e. The summed E-state index contributed by atoms with van der Waals surface area (Å²) in [7, 11) is 0. The molecule has 0 unspecified atom stereocenters. The number of nitrogens with one attached hydrogen (secondary N) is 2. The van der Waals surface area contributed by atoms with Crippen LogP contribution < -0.4 is 10.6 Å². The number of carboxylic acids is 1. The number of rotatable bonds is 7. The van der Waals surface area contributed by atoms with Gasteiger partial charge in [-0.3, -0.25) is 14.4 Å². The Morgan fingerprint density at radius 3 is 2.15 bits per heavy atom. The van der Waals surface area contributed by atoms with Crippen molar-refractivity contribution in [2.45, 2.75) is 26.7 Å². The van der Waals surface area contributed by atoms with E-state index in [1.807, 2.05) is 13.8 Å². The molecule has 0 aliphatic rings. The van der Waals surface area contributed by atoms with Crippen molar-refractivity contribution in [1.82, 2.24) is 5.32 Å². The number of hydrogen-bond donors (Lipinski definition) is 3. The fourth-order valence-corrected chi connectivity index (χ4v) is 2.66. The molecule has 3 N–H and O–H groups in total. The van der Waals surface area contributed by atoms with Crippen molar-refractivity contribution < 1.29 is 19.5 Å². The molecule has 0 saturated heterocycles. The third-order valence-corrected chi connectivity index (χ3v) is 3.75. The van der Waals surface area contributed by atoms with Gasteiger partial charge in [-0.25, -0.2) is 0 Å². The van der Waals surface area contributed by atoms with Gasteiger partial charge in [0.15, 0.2) is 0 Å². The standard InChI is InChI=1S/C20H22N2O4/c1-13-9-14(2)11-15(10-13)3-8-18(23)22-17-6-4-16(5-7-17)20(26)21-12-19(24)25/h4-7,9-11H,3,8,12H2,1-2H3,(H,21,26)(H,22,23)(H,24,25). The highest BCUT2D eigenvalue weighted by Crippen LogP contribution is 2.13. The Hall–Kier alpha value is -3.15. The number of carboxylic acid groups (broad SMARTS) is 1. The SMILES string of the molecule is Cc1cc(C)cc(CCC(=O)Nc2ccc(C(=O)NCC(=O)O)cc2)c1. The van der Waals surface area contributed by atoms with Crippen LogP contribution in [-0.4, -0.2) is 29.4 Å². The molecule has 26 heavy (non-hydrogen) atoms. The van der Waals surface area contributed by atoms with Crippen molar-refractivity contribution >= 4 is 23.5 Å². The van der Waals surface area contributed by atoms with E-state index in [9.17, 15) is 14.4 Å². The fraction of sp³-hybridized carbons (Fsp3) is 0.250. The second-order valence-electron chi connectivity index (χ2n) is 6.20. The first-order valence-corrected chi connectivity index (χ1v) is 8.30. The van der Waals surface area contributed by atoms with Crippen molar-refractivity contribution in [1.29, 1.82) is 0 Å². The van der Waals surface area contributed by atoms with E-state index >= 15 is 0 Å². The van der Waals surface area contributed by atoms with E-state index in [1.165, 1.54) is 23.3 Å². The van der Waals surface area contributed by atoms with Gasteiger partial charge >= 0.3 is 5.97 Å². The minimum atomic E-state index is -1.11. The van der Waals surface area contributed by atoms with Crippen LogP contribution in [0, 0.1) is 13.8 Å². The zero-order valence-electron chi connectivity index (χ0n) is 14.8. The molecule has 0 bridgehead atoms. The highest BCUT2D eigenvalue weighted by Gasteiger charge is 2.08. The number of hydrogen-bond acceptors (Lipinski definition) is 3. The summed E-state index contributed by atoms with van der Waals surface area (Å²) in [6.45, 7) is 3.63. The van der Waals surface area contributed by atoms with Crippen LogP contribution in [0.2, 0.25) is 0 Å². The fourth-order valence-electron chi connectivity index (χ4n) is 2.66. The lowest BCUT2D eigenvalue weighted by Crippen LogP contribution is -2.29. The molecular weight excluding hydrogens is 332 g/mol. The average Bonchev–Trinajstić information content (AvgIpc) is 2.57. The normalized spacial score (nSPS) is 10.2. The zero-order valence-corrected chi connectivity index (χ0v) is 14.8. The highest BCUT2D eigenvalue weighted by molar-refractivity contribution is 5.97. The largest absolute Gasteiger partial charge is 0.480 e. The Balaban J connectivity index is 1.86. The van der Waals surface area contributed by atoms with E-state index in [0.29, 0.717) is 24.1 Å². The first-order chi connectivity index (χ1) is 12.3. The van der Waals surface area contributed by atoms with Crippen LogP contribution in [0.15, 0.2) is 42.5 Å². The Morgan fingerprint density at radius 2 is 1.58 bits per heavy atom. The minimum absolute atomic E-state index is 0.104. The van der Waals surface area contributed by atoms with Crippen LogP contribution in [0.1, 0.15) is 33.5 Å². The molecule has 0 saturated carbocycles. The monoisotopic (exact) mass is 354 g/mol. The predicted molar refractivity (Wildman–Crippen MR) is 99.3 cm³/mol. The van der Waals surface area contributed by atoms with Gasteiger partial charge in [0.1, 0.15) is 6.54 Å². The lowest BCUT2D eigenvalue weighted by Gasteiger charge is -2.08. The van der Waals surface area contributed by atoms with E-state index in [2.05, 4.69) is 28.8 Å². The van der Waals surface area contributed by atoms with Gasteiger partial charge in [0.25, 0.3) is 5.91 Å². The molecule has 0 atom stereocenters. The Kier molecular flexibility index (Phi) is 6.49. The van der Waals surface area contributed by atoms with Crippen LogP contribution in [0.4, 0.5) is 5.69 Å². The van der Waals surface area contributed by atoms with Crippen molar-refractivity contribution in [2.24, 2.45) is 0 Å². The van der Waals surface area contributed by atoms with Gasteiger partial charge in [-0.05, 0) is 50.1 Å². The van der Waals surface area contributed by atoms with Crippen molar-refractivity contribution in [3.8, 4) is 0 Å². The van der Waals surface area contributed by atoms with E-state index < -0.39 is 18.4 Å². The van der Waals surface area contributed by atoms with E-state index in [-0.39, 0.29) is 5.91 Å². The summed E-state index contributed by atoms with van der Waals surface area (Å²) in [6.07, 6.45) is 1.02. The van der Waals surface area contributed by atoms with Crippen LogP contribution in [-0.2, 0) is 16.0 Å². The van der Waals surface area contributed by atoms with Crippen molar-refractivity contribution in [2.75, 3.05) is 11.9 Å². The molecule has 2 aromatic rings. The maximum absolute atomic E-state index is 12.1. The molecule has 0 spiro atoms. The third kappa shape index (κ3) is 6.05. The van der Waals surface area contributed by atoms with E-state index in [0.717, 1.165) is 5.56 Å². The summed E-state index contributed by atoms with van der Waals surface area (Å²) >= 11 is 0. The number of amides is 2. The molecule has 136 valence electrons. The number of anilines is 1. The van der Waals surface area contributed by atoms with Crippen LogP contribution in [0.5, 0.6) is 0 Å². The number of aryl methyl sites for hydroxylation is 3. The first kappa shape index (κ1) is 19.2.